The second kappa shape index (κ2) is 5.43. The van der Waals surface area contributed by atoms with Crippen molar-refractivity contribution in [1.29, 1.82) is 0 Å². The molecule has 0 saturated carbocycles. The molecule has 1 aromatic rings. The van der Waals surface area contributed by atoms with E-state index in [1.165, 1.54) is 5.56 Å². The smallest absolute Gasteiger partial charge is 0.241 e. The number of benzene rings is 1. The summed E-state index contributed by atoms with van der Waals surface area (Å²) in [6.45, 7) is 5.84. The summed E-state index contributed by atoms with van der Waals surface area (Å²) < 4.78 is 0. The van der Waals surface area contributed by atoms with Crippen LogP contribution in [-0.4, -0.2) is 47.2 Å². The fourth-order valence-corrected chi connectivity index (χ4v) is 3.67. The molecule has 0 radical (unpaired) electrons. The lowest BCUT2D eigenvalue weighted by atomic mass is 9.95. The van der Waals surface area contributed by atoms with Gasteiger partial charge in [-0.15, -0.1) is 0 Å². The van der Waals surface area contributed by atoms with Gasteiger partial charge in [-0.05, 0) is 51.3 Å². The predicted octanol–water partition coefficient (Wildman–Crippen LogP) is 1.81. The van der Waals surface area contributed by atoms with Crippen molar-refractivity contribution in [3.05, 3.63) is 29.8 Å². The molecule has 114 valence electrons. The monoisotopic (exact) mass is 288 g/mol. The summed E-state index contributed by atoms with van der Waals surface area (Å²) >= 11 is 0. The minimum Gasteiger partial charge on any atom is -0.389 e. The zero-order chi connectivity index (χ0) is 15.0. The Morgan fingerprint density at radius 1 is 1.43 bits per heavy atom. The fraction of sp³-hybridized carbons (Fsp3) is 0.588. The van der Waals surface area contributed by atoms with Gasteiger partial charge in [0.05, 0.1) is 12.1 Å². The maximum Gasteiger partial charge on any atom is 0.241 e. The normalized spacial score (nSPS) is 29.5. The number of carbonyl (C=O) groups is 1. The van der Waals surface area contributed by atoms with E-state index in [-0.39, 0.29) is 11.9 Å². The number of para-hydroxylation sites is 1. The number of aliphatic hydroxyl groups is 1. The number of nitrogens with zero attached hydrogens (tertiary/aromatic N) is 2. The summed E-state index contributed by atoms with van der Waals surface area (Å²) in [4.78, 5) is 16.7. The first-order chi connectivity index (χ1) is 9.96. The highest BCUT2D eigenvalue weighted by Crippen LogP contribution is 2.32. The van der Waals surface area contributed by atoms with Gasteiger partial charge in [-0.3, -0.25) is 9.69 Å². The lowest BCUT2D eigenvalue weighted by Crippen LogP contribution is -2.50. The summed E-state index contributed by atoms with van der Waals surface area (Å²) in [5.41, 5.74) is 1.65. The van der Waals surface area contributed by atoms with Crippen LogP contribution in [0.25, 0.3) is 0 Å². The number of piperidine rings is 1. The van der Waals surface area contributed by atoms with E-state index in [9.17, 15) is 9.90 Å². The number of carbonyl (C=O) groups excluding carboxylic acids is 1. The minimum absolute atomic E-state index is 0.144. The molecule has 1 aromatic carbocycles. The predicted molar refractivity (Wildman–Crippen MR) is 83.4 cm³/mol. The molecule has 1 fully saturated rings. The largest absolute Gasteiger partial charge is 0.389 e. The molecule has 0 aromatic heterocycles. The molecule has 3 rings (SSSR count). The van der Waals surface area contributed by atoms with Crippen LogP contribution in [0.3, 0.4) is 0 Å². The molecule has 0 aliphatic carbocycles. The summed E-state index contributed by atoms with van der Waals surface area (Å²) in [7, 11) is 0. The SMILES string of the molecule is CC1Cc2ccccc2N1C(=O)CN1CCCC(C)(O)C1. The molecule has 0 bridgehead atoms. The number of β-amino-alcohol motifs (C(OH)–C–C–N with tert-alkyl or cyclic N) is 1. The number of hydrogen-bond acceptors (Lipinski definition) is 3. The minimum atomic E-state index is -0.660. The molecule has 2 atom stereocenters. The van der Waals surface area contributed by atoms with Crippen LogP contribution in [0.15, 0.2) is 24.3 Å². The standard InChI is InChI=1S/C17H24N2O2/c1-13-10-14-6-3-4-7-15(14)19(13)16(20)11-18-9-5-8-17(2,21)12-18/h3-4,6-7,13,21H,5,8-12H2,1-2H3. The van der Waals surface area contributed by atoms with Crippen LogP contribution >= 0.6 is 0 Å². The summed E-state index contributed by atoms with van der Waals surface area (Å²) in [6.07, 6.45) is 2.70. The second-order valence-electron chi connectivity index (χ2n) is 6.76. The Labute approximate surface area is 126 Å². The van der Waals surface area contributed by atoms with E-state index in [0.717, 1.165) is 31.5 Å². The summed E-state index contributed by atoms with van der Waals surface area (Å²) in [6, 6.07) is 8.37. The third-order valence-corrected chi connectivity index (χ3v) is 4.59. The van der Waals surface area contributed by atoms with Crippen molar-refractivity contribution < 1.29 is 9.90 Å². The van der Waals surface area contributed by atoms with Crippen LogP contribution in [0, 0.1) is 0 Å². The van der Waals surface area contributed by atoms with Crippen molar-refractivity contribution >= 4 is 11.6 Å². The fourth-order valence-electron chi connectivity index (χ4n) is 3.67. The number of fused-ring (bicyclic) bond motifs is 1. The molecule has 2 aliphatic rings. The Bertz CT molecular complexity index is 541. The Morgan fingerprint density at radius 2 is 2.19 bits per heavy atom. The highest BCUT2D eigenvalue weighted by Gasteiger charge is 2.34. The number of likely N-dealkylation sites (tertiary alicyclic amines) is 1. The second-order valence-corrected chi connectivity index (χ2v) is 6.76. The van der Waals surface area contributed by atoms with Gasteiger partial charge in [0.25, 0.3) is 0 Å². The van der Waals surface area contributed by atoms with E-state index in [1.807, 2.05) is 30.0 Å². The topological polar surface area (TPSA) is 43.8 Å². The van der Waals surface area contributed by atoms with Gasteiger partial charge >= 0.3 is 0 Å². The molecule has 0 spiro atoms. The number of hydrogen-bond donors (Lipinski definition) is 1. The number of anilines is 1. The Hall–Kier alpha value is -1.39. The first-order valence-electron chi connectivity index (χ1n) is 7.81. The van der Waals surface area contributed by atoms with Gasteiger partial charge in [-0.1, -0.05) is 18.2 Å². The molecule has 2 aliphatic heterocycles. The van der Waals surface area contributed by atoms with Crippen molar-refractivity contribution in [3.8, 4) is 0 Å². The first-order valence-corrected chi connectivity index (χ1v) is 7.81. The molecule has 2 unspecified atom stereocenters. The van der Waals surface area contributed by atoms with Crippen LogP contribution in [0.1, 0.15) is 32.3 Å². The van der Waals surface area contributed by atoms with Crippen molar-refractivity contribution in [2.45, 2.75) is 44.8 Å². The quantitative estimate of drug-likeness (QED) is 0.902. The molecule has 1 N–H and O–H groups in total. The van der Waals surface area contributed by atoms with E-state index in [2.05, 4.69) is 17.9 Å². The van der Waals surface area contributed by atoms with E-state index in [1.54, 1.807) is 0 Å². The van der Waals surface area contributed by atoms with Gasteiger partial charge in [-0.25, -0.2) is 0 Å². The van der Waals surface area contributed by atoms with Gasteiger partial charge in [0.15, 0.2) is 0 Å². The summed E-state index contributed by atoms with van der Waals surface area (Å²) in [5.74, 6) is 0.144. The molecule has 21 heavy (non-hydrogen) atoms. The van der Waals surface area contributed by atoms with Crippen molar-refractivity contribution in [2.24, 2.45) is 0 Å². The molecular formula is C17H24N2O2. The highest BCUT2D eigenvalue weighted by atomic mass is 16.3. The Morgan fingerprint density at radius 3 is 2.95 bits per heavy atom. The lowest BCUT2D eigenvalue weighted by molar-refractivity contribution is -0.121. The average Bonchev–Trinajstić information content (AvgIpc) is 2.73. The van der Waals surface area contributed by atoms with Crippen LogP contribution in [0.4, 0.5) is 5.69 Å². The lowest BCUT2D eigenvalue weighted by Gasteiger charge is -2.37. The van der Waals surface area contributed by atoms with E-state index in [4.69, 9.17) is 0 Å². The van der Waals surface area contributed by atoms with Crippen LogP contribution in [0.5, 0.6) is 0 Å². The van der Waals surface area contributed by atoms with Crippen molar-refractivity contribution in [2.75, 3.05) is 24.5 Å². The van der Waals surface area contributed by atoms with Gasteiger partial charge in [-0.2, -0.15) is 0 Å². The molecule has 2 heterocycles. The Balaban J connectivity index is 1.71. The van der Waals surface area contributed by atoms with Gasteiger partial charge < -0.3 is 10.0 Å². The van der Waals surface area contributed by atoms with E-state index >= 15 is 0 Å². The van der Waals surface area contributed by atoms with Crippen molar-refractivity contribution in [1.82, 2.24) is 4.90 Å². The molecule has 1 amide bonds. The van der Waals surface area contributed by atoms with Crippen LogP contribution < -0.4 is 4.90 Å². The zero-order valence-corrected chi connectivity index (χ0v) is 12.9. The van der Waals surface area contributed by atoms with E-state index in [0.29, 0.717) is 13.1 Å². The molecular weight excluding hydrogens is 264 g/mol. The van der Waals surface area contributed by atoms with Gasteiger partial charge in [0.2, 0.25) is 5.91 Å². The number of rotatable bonds is 2. The molecule has 1 saturated heterocycles. The van der Waals surface area contributed by atoms with Gasteiger partial charge in [0.1, 0.15) is 0 Å². The number of amides is 1. The Kier molecular flexibility index (Phi) is 3.76. The third-order valence-electron chi connectivity index (χ3n) is 4.59. The highest BCUT2D eigenvalue weighted by molar-refractivity contribution is 5.97. The maximum atomic E-state index is 12.7. The van der Waals surface area contributed by atoms with Gasteiger partial charge in [0, 0.05) is 18.3 Å². The zero-order valence-electron chi connectivity index (χ0n) is 12.9. The van der Waals surface area contributed by atoms with Crippen LogP contribution in [0.2, 0.25) is 0 Å². The van der Waals surface area contributed by atoms with Crippen molar-refractivity contribution in [3.63, 3.8) is 0 Å². The van der Waals surface area contributed by atoms with E-state index < -0.39 is 5.60 Å². The first kappa shape index (κ1) is 14.5. The summed E-state index contributed by atoms with van der Waals surface area (Å²) in [5, 5.41) is 10.2. The molecule has 4 heteroatoms. The average molecular weight is 288 g/mol. The van der Waals surface area contributed by atoms with Crippen LogP contribution in [-0.2, 0) is 11.2 Å². The maximum absolute atomic E-state index is 12.7. The molecule has 4 nitrogen and oxygen atoms in total. The third kappa shape index (κ3) is 2.97.